The number of likely N-dealkylation sites (tertiary alicyclic amines) is 1. The number of amides is 1. The number of nitrogens with one attached hydrogen (secondary N) is 1. The van der Waals surface area contributed by atoms with Gasteiger partial charge in [0.2, 0.25) is 0 Å². The van der Waals surface area contributed by atoms with Gasteiger partial charge in [0.15, 0.2) is 5.78 Å². The maximum absolute atomic E-state index is 12.8. The summed E-state index contributed by atoms with van der Waals surface area (Å²) in [5.41, 5.74) is 3.49. The lowest BCUT2D eigenvalue weighted by atomic mass is 9.87. The van der Waals surface area contributed by atoms with Gasteiger partial charge in [0.1, 0.15) is 5.69 Å². The normalized spacial score (nSPS) is 15.5. The van der Waals surface area contributed by atoms with Crippen molar-refractivity contribution in [2.75, 3.05) is 13.1 Å². The Morgan fingerprint density at radius 1 is 1.17 bits per heavy atom. The third-order valence-corrected chi connectivity index (χ3v) is 4.90. The van der Waals surface area contributed by atoms with E-state index in [-0.39, 0.29) is 17.6 Å². The molecule has 0 atom stereocenters. The van der Waals surface area contributed by atoms with E-state index >= 15 is 0 Å². The summed E-state index contributed by atoms with van der Waals surface area (Å²) >= 11 is 5.86. The Balaban J connectivity index is 1.64. The van der Waals surface area contributed by atoms with E-state index in [2.05, 4.69) is 4.98 Å². The summed E-state index contributed by atoms with van der Waals surface area (Å²) in [6, 6.07) is 7.58. The van der Waals surface area contributed by atoms with Crippen LogP contribution in [0.25, 0.3) is 0 Å². The van der Waals surface area contributed by atoms with Gasteiger partial charge in [-0.1, -0.05) is 35.4 Å². The fourth-order valence-corrected chi connectivity index (χ4v) is 3.48. The second-order valence-corrected chi connectivity index (χ2v) is 6.92. The zero-order valence-corrected chi connectivity index (χ0v) is 14.7. The van der Waals surface area contributed by atoms with Crippen LogP contribution < -0.4 is 0 Å². The lowest BCUT2D eigenvalue weighted by molar-refractivity contribution is 0.0646. The molecule has 0 spiro atoms. The van der Waals surface area contributed by atoms with Crippen LogP contribution in [0.2, 0.25) is 5.02 Å². The summed E-state index contributed by atoms with van der Waals surface area (Å²) in [6.07, 6.45) is 3.00. The number of benzene rings is 1. The van der Waals surface area contributed by atoms with Crippen LogP contribution >= 0.6 is 11.6 Å². The van der Waals surface area contributed by atoms with Gasteiger partial charge in [-0.05, 0) is 38.3 Å². The van der Waals surface area contributed by atoms with Crippen molar-refractivity contribution in [1.29, 1.82) is 0 Å². The molecule has 0 aliphatic carbocycles. The molecular formula is C19H21ClN2O2. The molecule has 0 unspecified atom stereocenters. The Morgan fingerprint density at radius 3 is 2.46 bits per heavy atom. The Labute approximate surface area is 146 Å². The van der Waals surface area contributed by atoms with Gasteiger partial charge >= 0.3 is 0 Å². The third-order valence-electron chi connectivity index (χ3n) is 4.68. The maximum Gasteiger partial charge on any atom is 0.270 e. The van der Waals surface area contributed by atoms with Gasteiger partial charge in [0.25, 0.3) is 5.91 Å². The molecule has 0 saturated carbocycles. The summed E-state index contributed by atoms with van der Waals surface area (Å²) in [7, 11) is 0. The van der Waals surface area contributed by atoms with Crippen LogP contribution in [0, 0.1) is 19.8 Å². The molecule has 0 bridgehead atoms. The standard InChI is InChI=1S/C19H21ClN2O2/c1-12-3-4-16(13(2)9-12)18(23)14-5-7-22(8-6-14)19(24)17-10-15(20)11-21-17/h3-4,9-11,14,21H,5-8H2,1-2H3. The third kappa shape index (κ3) is 3.39. The Kier molecular flexibility index (Phi) is 4.76. The lowest BCUT2D eigenvalue weighted by Crippen LogP contribution is -2.40. The lowest BCUT2D eigenvalue weighted by Gasteiger charge is -2.31. The monoisotopic (exact) mass is 344 g/mol. The molecule has 2 aromatic rings. The van der Waals surface area contributed by atoms with Crippen molar-refractivity contribution in [3.05, 3.63) is 57.9 Å². The zero-order valence-electron chi connectivity index (χ0n) is 13.9. The second kappa shape index (κ2) is 6.81. The summed E-state index contributed by atoms with van der Waals surface area (Å²) in [5.74, 6) is 0.129. The second-order valence-electron chi connectivity index (χ2n) is 6.48. The number of aromatic nitrogens is 1. The number of carbonyl (C=O) groups is 2. The topological polar surface area (TPSA) is 53.2 Å². The van der Waals surface area contributed by atoms with Gasteiger partial charge in [-0.25, -0.2) is 0 Å². The Bertz CT molecular complexity index is 773. The number of piperidine rings is 1. The van der Waals surface area contributed by atoms with E-state index in [1.165, 1.54) is 0 Å². The highest BCUT2D eigenvalue weighted by Crippen LogP contribution is 2.25. The van der Waals surface area contributed by atoms with E-state index in [4.69, 9.17) is 11.6 Å². The first kappa shape index (κ1) is 16.8. The summed E-state index contributed by atoms with van der Waals surface area (Å²) in [6.45, 7) is 5.19. The number of Topliss-reactive ketones (excluding diaryl/α,β-unsaturated/α-hetero) is 1. The summed E-state index contributed by atoms with van der Waals surface area (Å²) < 4.78 is 0. The van der Waals surface area contributed by atoms with Crippen LogP contribution in [0.3, 0.4) is 0 Å². The van der Waals surface area contributed by atoms with Crippen molar-refractivity contribution in [2.45, 2.75) is 26.7 Å². The molecule has 3 rings (SSSR count). The van der Waals surface area contributed by atoms with Gasteiger partial charge < -0.3 is 9.88 Å². The Hall–Kier alpha value is -2.07. The number of hydrogen-bond donors (Lipinski definition) is 1. The summed E-state index contributed by atoms with van der Waals surface area (Å²) in [5, 5.41) is 0.526. The molecule has 1 saturated heterocycles. The van der Waals surface area contributed by atoms with Crippen LogP contribution in [0.1, 0.15) is 44.8 Å². The number of H-pyrrole nitrogens is 1. The van der Waals surface area contributed by atoms with Crippen LogP contribution in [0.5, 0.6) is 0 Å². The quantitative estimate of drug-likeness (QED) is 0.855. The number of hydrogen-bond acceptors (Lipinski definition) is 2. The molecule has 1 aliphatic heterocycles. The van der Waals surface area contributed by atoms with E-state index in [1.807, 2.05) is 32.0 Å². The highest BCUT2D eigenvalue weighted by atomic mass is 35.5. The first-order valence-electron chi connectivity index (χ1n) is 8.20. The van der Waals surface area contributed by atoms with Gasteiger partial charge in [-0.15, -0.1) is 0 Å². The minimum atomic E-state index is -0.0562. The molecule has 1 aromatic carbocycles. The first-order chi connectivity index (χ1) is 11.5. The molecule has 5 heteroatoms. The van der Waals surface area contributed by atoms with Gasteiger partial charge in [0.05, 0.1) is 5.02 Å². The molecule has 1 amide bonds. The predicted octanol–water partition coefficient (Wildman–Crippen LogP) is 4.02. The number of halogens is 1. The molecule has 1 fully saturated rings. The van der Waals surface area contributed by atoms with E-state index in [9.17, 15) is 9.59 Å². The molecule has 1 aromatic heterocycles. The average Bonchev–Trinajstić information content (AvgIpc) is 3.00. The van der Waals surface area contributed by atoms with Gasteiger partial charge in [0, 0.05) is 30.8 Å². The van der Waals surface area contributed by atoms with E-state index in [0.717, 1.165) is 16.7 Å². The summed E-state index contributed by atoms with van der Waals surface area (Å²) in [4.78, 5) is 29.8. The number of rotatable bonds is 3. The highest BCUT2D eigenvalue weighted by Gasteiger charge is 2.29. The molecule has 4 nitrogen and oxygen atoms in total. The van der Waals surface area contributed by atoms with Crippen molar-refractivity contribution in [1.82, 2.24) is 9.88 Å². The van der Waals surface area contributed by atoms with Crippen LogP contribution in [0.4, 0.5) is 0 Å². The molecular weight excluding hydrogens is 324 g/mol. The Morgan fingerprint density at radius 2 is 1.88 bits per heavy atom. The number of aromatic amines is 1. The SMILES string of the molecule is Cc1ccc(C(=O)C2CCN(C(=O)c3cc(Cl)c[nH]3)CC2)c(C)c1. The molecule has 2 heterocycles. The fraction of sp³-hybridized carbons (Fsp3) is 0.368. The number of ketones is 1. The minimum Gasteiger partial charge on any atom is -0.356 e. The van der Waals surface area contributed by atoms with E-state index in [1.54, 1.807) is 17.2 Å². The van der Waals surface area contributed by atoms with Crippen LogP contribution in [-0.2, 0) is 0 Å². The fourth-order valence-electron chi connectivity index (χ4n) is 3.32. The molecule has 24 heavy (non-hydrogen) atoms. The highest BCUT2D eigenvalue weighted by molar-refractivity contribution is 6.30. The average molecular weight is 345 g/mol. The van der Waals surface area contributed by atoms with Crippen LogP contribution in [-0.4, -0.2) is 34.7 Å². The predicted molar refractivity (Wildman–Crippen MR) is 94.7 cm³/mol. The zero-order chi connectivity index (χ0) is 17.3. The number of carbonyl (C=O) groups excluding carboxylic acids is 2. The number of aryl methyl sites for hydroxylation is 2. The molecule has 1 N–H and O–H groups in total. The van der Waals surface area contributed by atoms with Crippen LogP contribution in [0.15, 0.2) is 30.5 Å². The number of nitrogens with zero attached hydrogens (tertiary/aromatic N) is 1. The molecule has 0 radical (unpaired) electrons. The van der Waals surface area contributed by atoms with Crippen molar-refractivity contribution in [2.24, 2.45) is 5.92 Å². The van der Waals surface area contributed by atoms with Crippen molar-refractivity contribution in [3.8, 4) is 0 Å². The maximum atomic E-state index is 12.8. The molecule has 126 valence electrons. The van der Waals surface area contributed by atoms with Crippen molar-refractivity contribution < 1.29 is 9.59 Å². The van der Waals surface area contributed by atoms with Gasteiger partial charge in [-0.3, -0.25) is 9.59 Å². The van der Waals surface area contributed by atoms with Crippen molar-refractivity contribution in [3.63, 3.8) is 0 Å². The largest absolute Gasteiger partial charge is 0.356 e. The first-order valence-corrected chi connectivity index (χ1v) is 8.58. The van der Waals surface area contributed by atoms with E-state index in [0.29, 0.717) is 36.6 Å². The minimum absolute atomic E-state index is 0.0114. The van der Waals surface area contributed by atoms with Crippen molar-refractivity contribution >= 4 is 23.3 Å². The molecule has 1 aliphatic rings. The smallest absolute Gasteiger partial charge is 0.270 e. The van der Waals surface area contributed by atoms with E-state index < -0.39 is 0 Å². The van der Waals surface area contributed by atoms with Gasteiger partial charge in [-0.2, -0.15) is 0 Å².